The predicted molar refractivity (Wildman–Crippen MR) is 62.6 cm³/mol. The molecule has 3 heteroatoms. The maximum atomic E-state index is 6.14. The summed E-state index contributed by atoms with van der Waals surface area (Å²) in [5.74, 6) is 1.14. The molecule has 0 aliphatic heterocycles. The average Bonchev–Trinajstić information content (AvgIpc) is 3.04. The summed E-state index contributed by atoms with van der Waals surface area (Å²) in [5.41, 5.74) is 6.78. The van der Waals surface area contributed by atoms with Gasteiger partial charge in [0.05, 0.1) is 11.1 Å². The molecule has 2 rings (SSSR count). The zero-order chi connectivity index (χ0) is 10.8. The SMILES string of the molecule is CC(CN)c1ccc(OC2CC2)c(Cl)c1. The Bertz CT molecular complexity index is 349. The summed E-state index contributed by atoms with van der Waals surface area (Å²) in [4.78, 5) is 0. The van der Waals surface area contributed by atoms with E-state index < -0.39 is 0 Å². The molecule has 2 nitrogen and oxygen atoms in total. The standard InChI is InChI=1S/C12H16ClNO/c1-8(7-14)9-2-5-12(11(13)6-9)15-10-3-4-10/h2,5-6,8,10H,3-4,7,14H2,1H3. The zero-order valence-electron chi connectivity index (χ0n) is 8.87. The maximum Gasteiger partial charge on any atom is 0.138 e. The van der Waals surface area contributed by atoms with Gasteiger partial charge in [0, 0.05) is 0 Å². The molecule has 1 aromatic carbocycles. The van der Waals surface area contributed by atoms with Crippen molar-refractivity contribution >= 4 is 11.6 Å². The van der Waals surface area contributed by atoms with E-state index in [1.807, 2.05) is 18.2 Å². The number of hydrogen-bond acceptors (Lipinski definition) is 2. The molecule has 1 aromatic rings. The second-order valence-corrected chi connectivity index (χ2v) is 4.55. The summed E-state index contributed by atoms with van der Waals surface area (Å²) in [6.07, 6.45) is 2.69. The van der Waals surface area contributed by atoms with Crippen molar-refractivity contribution in [2.75, 3.05) is 6.54 Å². The van der Waals surface area contributed by atoms with Crippen LogP contribution in [-0.4, -0.2) is 12.6 Å². The van der Waals surface area contributed by atoms with Gasteiger partial charge in [-0.1, -0.05) is 24.6 Å². The van der Waals surface area contributed by atoms with Crippen LogP contribution in [0.2, 0.25) is 5.02 Å². The third-order valence-electron chi connectivity index (χ3n) is 2.70. The molecule has 2 N–H and O–H groups in total. The van der Waals surface area contributed by atoms with Gasteiger partial charge in [-0.05, 0) is 43.0 Å². The Morgan fingerprint density at radius 3 is 2.80 bits per heavy atom. The summed E-state index contributed by atoms with van der Waals surface area (Å²) in [7, 11) is 0. The van der Waals surface area contributed by atoms with E-state index in [2.05, 4.69) is 6.92 Å². The number of benzene rings is 1. The molecular formula is C12H16ClNO. The number of hydrogen-bond donors (Lipinski definition) is 1. The molecule has 1 fully saturated rings. The van der Waals surface area contributed by atoms with Crippen LogP contribution in [0.15, 0.2) is 18.2 Å². The van der Waals surface area contributed by atoms with Gasteiger partial charge >= 0.3 is 0 Å². The van der Waals surface area contributed by atoms with E-state index in [1.54, 1.807) is 0 Å². The Hall–Kier alpha value is -0.730. The normalized spacial score (nSPS) is 17.5. The van der Waals surface area contributed by atoms with Crippen LogP contribution in [0.1, 0.15) is 31.2 Å². The summed E-state index contributed by atoms with van der Waals surface area (Å²) in [5, 5.41) is 0.694. The molecule has 82 valence electrons. The van der Waals surface area contributed by atoms with E-state index in [0.29, 0.717) is 23.6 Å². The molecule has 1 unspecified atom stereocenters. The van der Waals surface area contributed by atoms with E-state index in [4.69, 9.17) is 22.1 Å². The molecular weight excluding hydrogens is 210 g/mol. The Morgan fingerprint density at radius 2 is 2.27 bits per heavy atom. The Balaban J connectivity index is 2.13. The highest BCUT2D eigenvalue weighted by Crippen LogP contribution is 2.33. The van der Waals surface area contributed by atoms with Crippen LogP contribution < -0.4 is 10.5 Å². The first-order valence-electron chi connectivity index (χ1n) is 5.37. The lowest BCUT2D eigenvalue weighted by Gasteiger charge is -2.12. The fraction of sp³-hybridized carbons (Fsp3) is 0.500. The van der Waals surface area contributed by atoms with Crippen LogP contribution in [0.4, 0.5) is 0 Å². The van der Waals surface area contributed by atoms with E-state index in [0.717, 1.165) is 18.6 Å². The van der Waals surface area contributed by atoms with Gasteiger partial charge in [-0.2, -0.15) is 0 Å². The van der Waals surface area contributed by atoms with Gasteiger partial charge in [-0.25, -0.2) is 0 Å². The van der Waals surface area contributed by atoms with Gasteiger partial charge in [-0.15, -0.1) is 0 Å². The Kier molecular flexibility index (Phi) is 3.17. The van der Waals surface area contributed by atoms with Crippen LogP contribution in [0.5, 0.6) is 5.75 Å². The second kappa shape index (κ2) is 4.42. The van der Waals surface area contributed by atoms with E-state index in [-0.39, 0.29) is 0 Å². The number of rotatable bonds is 4. The van der Waals surface area contributed by atoms with Crippen LogP contribution in [0.25, 0.3) is 0 Å². The first kappa shape index (κ1) is 10.8. The summed E-state index contributed by atoms with van der Waals surface area (Å²) < 4.78 is 5.66. The summed E-state index contributed by atoms with van der Waals surface area (Å²) in [6.45, 7) is 2.73. The van der Waals surface area contributed by atoms with Crippen molar-refractivity contribution in [3.63, 3.8) is 0 Å². The minimum atomic E-state index is 0.345. The number of nitrogens with two attached hydrogens (primary N) is 1. The Morgan fingerprint density at radius 1 is 1.53 bits per heavy atom. The van der Waals surface area contributed by atoms with Crippen LogP contribution >= 0.6 is 11.6 Å². The lowest BCUT2D eigenvalue weighted by atomic mass is 10.0. The minimum Gasteiger partial charge on any atom is -0.489 e. The van der Waals surface area contributed by atoms with Crippen LogP contribution in [0.3, 0.4) is 0 Å². The average molecular weight is 226 g/mol. The van der Waals surface area contributed by atoms with Crippen molar-refractivity contribution in [3.05, 3.63) is 28.8 Å². The van der Waals surface area contributed by atoms with E-state index in [1.165, 1.54) is 5.56 Å². The van der Waals surface area contributed by atoms with Crippen molar-refractivity contribution in [3.8, 4) is 5.75 Å². The molecule has 0 bridgehead atoms. The fourth-order valence-electron chi connectivity index (χ4n) is 1.42. The molecule has 0 saturated heterocycles. The summed E-state index contributed by atoms with van der Waals surface area (Å²) in [6, 6.07) is 5.94. The predicted octanol–water partition coefficient (Wildman–Crippen LogP) is 2.94. The first-order valence-corrected chi connectivity index (χ1v) is 5.74. The quantitative estimate of drug-likeness (QED) is 0.855. The van der Waals surface area contributed by atoms with Gasteiger partial charge < -0.3 is 10.5 Å². The molecule has 1 aliphatic rings. The zero-order valence-corrected chi connectivity index (χ0v) is 9.63. The van der Waals surface area contributed by atoms with Crippen molar-refractivity contribution in [2.45, 2.75) is 31.8 Å². The molecule has 1 saturated carbocycles. The molecule has 0 amide bonds. The van der Waals surface area contributed by atoms with E-state index >= 15 is 0 Å². The van der Waals surface area contributed by atoms with Gasteiger partial charge in [0.25, 0.3) is 0 Å². The summed E-state index contributed by atoms with van der Waals surface area (Å²) >= 11 is 6.14. The maximum absolute atomic E-state index is 6.14. The van der Waals surface area contributed by atoms with Crippen LogP contribution in [-0.2, 0) is 0 Å². The topological polar surface area (TPSA) is 35.2 Å². The molecule has 15 heavy (non-hydrogen) atoms. The van der Waals surface area contributed by atoms with Gasteiger partial charge in [0.2, 0.25) is 0 Å². The molecule has 0 radical (unpaired) electrons. The number of ether oxygens (including phenoxy) is 1. The Labute approximate surface area is 95.4 Å². The lowest BCUT2D eigenvalue weighted by molar-refractivity contribution is 0.303. The van der Waals surface area contributed by atoms with Crippen molar-refractivity contribution in [1.29, 1.82) is 0 Å². The fourth-order valence-corrected chi connectivity index (χ4v) is 1.65. The molecule has 0 aromatic heterocycles. The first-order chi connectivity index (χ1) is 7.20. The second-order valence-electron chi connectivity index (χ2n) is 4.14. The minimum absolute atomic E-state index is 0.345. The molecule has 1 aliphatic carbocycles. The molecule has 0 spiro atoms. The highest BCUT2D eigenvalue weighted by atomic mass is 35.5. The number of halogens is 1. The highest BCUT2D eigenvalue weighted by Gasteiger charge is 2.24. The third kappa shape index (κ3) is 2.64. The third-order valence-corrected chi connectivity index (χ3v) is 2.99. The van der Waals surface area contributed by atoms with Crippen molar-refractivity contribution in [2.24, 2.45) is 5.73 Å². The van der Waals surface area contributed by atoms with Gasteiger partial charge in [0.1, 0.15) is 5.75 Å². The molecule has 1 atom stereocenters. The van der Waals surface area contributed by atoms with Crippen LogP contribution in [0, 0.1) is 0 Å². The van der Waals surface area contributed by atoms with Crippen molar-refractivity contribution in [1.82, 2.24) is 0 Å². The monoisotopic (exact) mass is 225 g/mol. The molecule has 0 heterocycles. The van der Waals surface area contributed by atoms with E-state index in [9.17, 15) is 0 Å². The smallest absolute Gasteiger partial charge is 0.138 e. The highest BCUT2D eigenvalue weighted by molar-refractivity contribution is 6.32. The van der Waals surface area contributed by atoms with Gasteiger partial charge in [0.15, 0.2) is 0 Å². The van der Waals surface area contributed by atoms with Gasteiger partial charge in [-0.3, -0.25) is 0 Å². The van der Waals surface area contributed by atoms with Crippen molar-refractivity contribution < 1.29 is 4.74 Å². The largest absolute Gasteiger partial charge is 0.489 e. The lowest BCUT2D eigenvalue weighted by Crippen LogP contribution is -2.08.